The van der Waals surface area contributed by atoms with Crippen molar-refractivity contribution in [1.82, 2.24) is 21.3 Å². The minimum absolute atomic E-state index is 0.00274. The lowest BCUT2D eigenvalue weighted by atomic mass is 9.91. The molecule has 0 fully saturated rings. The van der Waals surface area contributed by atoms with Crippen molar-refractivity contribution in [1.29, 1.82) is 0 Å². The molecule has 87 heavy (non-hydrogen) atoms. The number of carbonyl (C=O) groups is 9. The van der Waals surface area contributed by atoms with Gasteiger partial charge in [-0.15, -0.1) is 0 Å². The third kappa shape index (κ3) is 51.5. The second kappa shape index (κ2) is 57.2. The third-order valence-electron chi connectivity index (χ3n) is 14.0. The molecule has 0 aliphatic rings. The smallest absolute Gasteiger partial charge is 0.330 e. The summed E-state index contributed by atoms with van der Waals surface area (Å²) in [6.45, 7) is 8.37. The van der Waals surface area contributed by atoms with E-state index in [1.807, 2.05) is 0 Å². The van der Waals surface area contributed by atoms with E-state index in [2.05, 4.69) is 21.3 Å². The van der Waals surface area contributed by atoms with E-state index in [0.717, 1.165) is 12.8 Å². The molecule has 506 valence electrons. The topological polar surface area (TPSA) is 342 Å². The Hall–Kier alpha value is -3.98. The molecule has 25 nitrogen and oxygen atoms in total. The summed E-state index contributed by atoms with van der Waals surface area (Å²) in [6.07, 6.45) is 7.81. The summed E-state index contributed by atoms with van der Waals surface area (Å²) < 4.78 is 59.5. The van der Waals surface area contributed by atoms with Crippen LogP contribution in [0.4, 0.5) is 0 Å². The van der Waals surface area contributed by atoms with E-state index in [9.17, 15) is 57.7 Å². The average molecular weight is 1270 g/mol. The molecule has 4 unspecified atom stereocenters. The van der Waals surface area contributed by atoms with Crippen molar-refractivity contribution in [2.45, 2.75) is 186 Å². The number of aliphatic hydroxyl groups excluding tert-OH is 1. The normalized spacial score (nSPS) is 13.1. The van der Waals surface area contributed by atoms with Gasteiger partial charge in [0, 0.05) is 150 Å². The van der Waals surface area contributed by atoms with E-state index < -0.39 is 31.1 Å². The van der Waals surface area contributed by atoms with Crippen molar-refractivity contribution in [2.75, 3.05) is 140 Å². The predicted octanol–water partition coefficient (Wildman–Crippen LogP) is 5.28. The molecule has 4 atom stereocenters. The van der Waals surface area contributed by atoms with Crippen molar-refractivity contribution < 1.29 is 100 Å². The Morgan fingerprint density at radius 1 is 0.425 bits per heavy atom. The highest BCUT2D eigenvalue weighted by molar-refractivity contribution is 7.53. The minimum atomic E-state index is -3.71. The first-order valence-corrected chi connectivity index (χ1v) is 33.2. The van der Waals surface area contributed by atoms with Gasteiger partial charge >= 0.3 is 7.60 Å². The number of amides is 4. The van der Waals surface area contributed by atoms with Crippen molar-refractivity contribution in [3.63, 3.8) is 0 Å². The van der Waals surface area contributed by atoms with Crippen molar-refractivity contribution in [3.8, 4) is 0 Å². The number of Topliss-reactive ketones (excluding diaryl/α,β-unsaturated/α-hetero) is 5. The van der Waals surface area contributed by atoms with Crippen LogP contribution < -0.4 is 21.3 Å². The Labute approximate surface area is 517 Å². The lowest BCUT2D eigenvalue weighted by molar-refractivity contribution is -0.133. The quantitative estimate of drug-likeness (QED) is 0.0333. The molecule has 0 saturated carbocycles. The summed E-state index contributed by atoms with van der Waals surface area (Å²) in [4.78, 5) is 126. The molecule has 6 N–H and O–H groups in total. The Balaban J connectivity index is 5.52. The first-order valence-electron chi connectivity index (χ1n) is 31.5. The number of hydrogen-bond acceptors (Lipinski definition) is 20. The van der Waals surface area contributed by atoms with Crippen LogP contribution in [0.2, 0.25) is 0 Å². The molecule has 0 aromatic rings. The Morgan fingerprint density at radius 2 is 0.862 bits per heavy atom. The molecular weight excluding hydrogens is 1160 g/mol. The number of ether oxygens (including phenoxy) is 8. The molecule has 0 rings (SSSR count). The fourth-order valence-electron chi connectivity index (χ4n) is 8.48. The molecule has 4 amide bonds. The van der Waals surface area contributed by atoms with Crippen LogP contribution in [0.5, 0.6) is 0 Å². The number of hydrogen-bond donors (Lipinski definition) is 6. The van der Waals surface area contributed by atoms with E-state index in [4.69, 9.17) is 42.4 Å². The Bertz CT molecular complexity index is 1910. The van der Waals surface area contributed by atoms with Gasteiger partial charge in [0.25, 0.3) is 0 Å². The number of carbonyl (C=O) groups excluding carboxylic acids is 9. The highest BCUT2D eigenvalue weighted by atomic mass is 31.2. The molecule has 0 saturated heterocycles. The van der Waals surface area contributed by atoms with Crippen LogP contribution in [0.3, 0.4) is 0 Å². The van der Waals surface area contributed by atoms with Crippen molar-refractivity contribution in [2.24, 2.45) is 11.8 Å². The molecular formula is C61H111N4O21P. The Kier molecular flexibility index (Phi) is 54.6. The van der Waals surface area contributed by atoms with Gasteiger partial charge in [-0.3, -0.25) is 47.7 Å². The molecule has 0 aromatic carbocycles. The fourth-order valence-corrected chi connectivity index (χ4v) is 9.20. The second-order valence-electron chi connectivity index (χ2n) is 21.8. The first-order chi connectivity index (χ1) is 41.9. The van der Waals surface area contributed by atoms with Crippen molar-refractivity contribution >= 4 is 60.1 Å². The summed E-state index contributed by atoms with van der Waals surface area (Å²) in [5, 5.41) is 20.8. The van der Waals surface area contributed by atoms with E-state index in [1.54, 1.807) is 35.2 Å². The van der Waals surface area contributed by atoms with Gasteiger partial charge in [-0.25, -0.2) is 0 Å². The maximum absolute atomic E-state index is 14.2. The van der Waals surface area contributed by atoms with E-state index in [0.29, 0.717) is 130 Å². The van der Waals surface area contributed by atoms with Crippen LogP contribution in [0.15, 0.2) is 0 Å². The largest absolute Gasteiger partial charge is 0.396 e. The van der Waals surface area contributed by atoms with Gasteiger partial charge < -0.3 is 73.7 Å². The monoisotopic (exact) mass is 1270 g/mol. The number of unbranched alkanes of at least 4 members (excludes halogenated alkanes) is 5. The molecule has 0 aliphatic heterocycles. The van der Waals surface area contributed by atoms with Crippen molar-refractivity contribution in [3.05, 3.63) is 0 Å². The summed E-state index contributed by atoms with van der Waals surface area (Å²) >= 11 is 0. The maximum atomic E-state index is 14.2. The zero-order valence-electron chi connectivity index (χ0n) is 53.3. The van der Waals surface area contributed by atoms with E-state index in [-0.39, 0.29) is 189 Å². The SMILES string of the molecule is COCCOCCCC(=O)CCC(=O)NCCCCC(NC(=O)C(CCCCCC(=O)CCC(=O)NCCOCCOC)CC(=O)CCC(=O)NCCOCCOC)C(=O)CCCOCCOCCC(=O)CCCCCC(CO)COP(=O)(O)C(C)C. The highest BCUT2D eigenvalue weighted by Crippen LogP contribution is 2.47. The third-order valence-corrected chi connectivity index (χ3v) is 15.8. The van der Waals surface area contributed by atoms with Crippen LogP contribution in [0.1, 0.15) is 174 Å². The van der Waals surface area contributed by atoms with Gasteiger partial charge in [0.1, 0.15) is 23.1 Å². The number of nitrogens with one attached hydrogen (secondary N) is 4. The van der Waals surface area contributed by atoms with E-state index >= 15 is 0 Å². The second-order valence-corrected chi connectivity index (χ2v) is 24.2. The summed E-state index contributed by atoms with van der Waals surface area (Å²) in [7, 11) is 0.984. The van der Waals surface area contributed by atoms with Gasteiger partial charge in [-0.05, 0) is 57.8 Å². The molecule has 0 bridgehead atoms. The Morgan fingerprint density at radius 3 is 1.38 bits per heavy atom. The molecule has 0 aromatic heterocycles. The summed E-state index contributed by atoms with van der Waals surface area (Å²) in [5.74, 6) is -3.06. The predicted molar refractivity (Wildman–Crippen MR) is 326 cm³/mol. The standard InChI is InChI=1S/C61H111N4O21P/c1-49(2)87(76,77)86-48-50(47-66)16-8-6-10-19-54(69)29-35-83-45-44-82-34-15-22-57(71)56(21-12-13-30-62-58(72)26-24-53(68)20-14-33-81-41-38-78-3)65-61(75)51(46-55(70)25-28-60(74)64-32-37-85-43-40-80-5)17-9-7-11-18-52(67)23-27-59(73)63-31-36-84-42-39-79-4/h49-51,56,66H,6-48H2,1-5H3,(H,62,72)(H,63,73)(H,64,74)(H,65,75)(H,76,77). The zero-order valence-corrected chi connectivity index (χ0v) is 54.2. The summed E-state index contributed by atoms with van der Waals surface area (Å²) in [6, 6.07) is -0.923. The van der Waals surface area contributed by atoms with Crippen LogP contribution in [-0.2, 0) is 90.1 Å². The van der Waals surface area contributed by atoms with Crippen LogP contribution in [0, 0.1) is 11.8 Å². The summed E-state index contributed by atoms with van der Waals surface area (Å²) in [5.41, 5.74) is -0.529. The van der Waals surface area contributed by atoms with Gasteiger partial charge in [-0.2, -0.15) is 0 Å². The van der Waals surface area contributed by atoms with Gasteiger partial charge in [0.05, 0.1) is 91.0 Å². The van der Waals surface area contributed by atoms with Gasteiger partial charge in [0.15, 0.2) is 5.78 Å². The lowest BCUT2D eigenvalue weighted by Gasteiger charge is -2.22. The molecule has 0 heterocycles. The molecule has 0 radical (unpaired) electrons. The van der Waals surface area contributed by atoms with Crippen LogP contribution >= 0.6 is 7.60 Å². The number of aliphatic hydroxyl groups is 1. The zero-order chi connectivity index (χ0) is 64.6. The number of methoxy groups -OCH3 is 3. The van der Waals surface area contributed by atoms with Gasteiger partial charge in [-0.1, -0.05) is 39.5 Å². The molecule has 0 spiro atoms. The van der Waals surface area contributed by atoms with Gasteiger partial charge in [0.2, 0.25) is 23.6 Å². The first kappa shape index (κ1) is 83.0. The average Bonchev–Trinajstić information content (AvgIpc) is 3.64. The van der Waals surface area contributed by atoms with E-state index in [1.165, 1.54) is 0 Å². The van der Waals surface area contributed by atoms with Crippen LogP contribution in [0.25, 0.3) is 0 Å². The minimum Gasteiger partial charge on any atom is -0.396 e. The lowest BCUT2D eigenvalue weighted by Crippen LogP contribution is -2.44. The fraction of sp³-hybridized carbons (Fsp3) is 0.852. The number of rotatable bonds is 65. The van der Waals surface area contributed by atoms with Crippen LogP contribution in [-0.4, -0.2) is 214 Å². The molecule has 26 heteroatoms. The highest BCUT2D eigenvalue weighted by Gasteiger charge is 2.28. The molecule has 0 aliphatic carbocycles. The maximum Gasteiger partial charge on any atom is 0.330 e. The number of ketones is 5.